The molecule has 0 spiro atoms. The number of aromatic hydroxyl groups is 2. The first kappa shape index (κ1) is 28.7. The molecule has 0 aromatic heterocycles. The second-order valence-electron chi connectivity index (χ2n) is 10.5. The van der Waals surface area contributed by atoms with Crippen molar-refractivity contribution in [2.75, 3.05) is 0 Å². The van der Waals surface area contributed by atoms with Gasteiger partial charge in [0.05, 0.1) is 29.4 Å². The lowest BCUT2D eigenvalue weighted by Crippen LogP contribution is -2.57. The van der Waals surface area contributed by atoms with Crippen LogP contribution in [0.2, 0.25) is 0 Å². The number of phenolic OH excluding ortho intramolecular Hbond substituents is 2. The molecule has 2 aliphatic carbocycles. The summed E-state index contributed by atoms with van der Waals surface area (Å²) in [5.74, 6) is -6.18. The lowest BCUT2D eigenvalue weighted by atomic mass is 9.73. The quantitative estimate of drug-likeness (QED) is 0.307. The molecule has 1 amide bonds. The molecule has 5 N–H and O–H groups in total. The van der Waals surface area contributed by atoms with E-state index >= 15 is 0 Å². The maximum Gasteiger partial charge on any atom is 0.471 e. The molecule has 218 valence electrons. The van der Waals surface area contributed by atoms with Crippen molar-refractivity contribution in [3.05, 3.63) is 57.6 Å². The van der Waals surface area contributed by atoms with Crippen molar-refractivity contribution in [2.24, 2.45) is 0 Å². The number of Topliss-reactive ketones (excluding diaryl/α,β-unsaturated/α-hetero) is 1. The standard InChI is InChI=1S/C27H24F3NO10/c1-9-20(33)13(31-25(38)27(28,29)30)7-16(40-9)41-15-8-26(2,39)24(37)12-6-11-19(23(36)18(12)15)22(35)17-10(21(11)34)4-3-5-14(17)32/h3-6,9,13,15-16,20,32-33,36,39H,7-8H2,1-2H3,(H,31,38)/t9-,13-,15+,16-,20+,26+/m0/s1. The molecule has 1 saturated heterocycles. The molecule has 2 aromatic rings. The highest BCUT2D eigenvalue weighted by atomic mass is 19.4. The Labute approximate surface area is 229 Å². The van der Waals surface area contributed by atoms with Crippen molar-refractivity contribution in [1.82, 2.24) is 5.32 Å². The Kier molecular flexibility index (Phi) is 6.72. The van der Waals surface area contributed by atoms with Crippen LogP contribution in [0, 0.1) is 0 Å². The molecule has 11 nitrogen and oxygen atoms in total. The first-order valence-electron chi connectivity index (χ1n) is 12.5. The minimum Gasteiger partial charge on any atom is -0.507 e. The molecule has 2 aromatic carbocycles. The Balaban J connectivity index is 1.55. The summed E-state index contributed by atoms with van der Waals surface area (Å²) in [5.41, 5.74) is -4.06. The first-order chi connectivity index (χ1) is 19.0. The van der Waals surface area contributed by atoms with E-state index in [0.29, 0.717) is 0 Å². The van der Waals surface area contributed by atoms with Crippen molar-refractivity contribution < 1.29 is 62.2 Å². The van der Waals surface area contributed by atoms with Gasteiger partial charge >= 0.3 is 12.1 Å². The predicted octanol–water partition coefficient (Wildman–Crippen LogP) is 1.81. The summed E-state index contributed by atoms with van der Waals surface area (Å²) in [7, 11) is 0. The van der Waals surface area contributed by atoms with E-state index in [1.807, 2.05) is 0 Å². The van der Waals surface area contributed by atoms with Gasteiger partial charge in [0.25, 0.3) is 0 Å². The Hall–Kier alpha value is -3.85. The molecule has 1 fully saturated rings. The third-order valence-electron chi connectivity index (χ3n) is 7.56. The van der Waals surface area contributed by atoms with E-state index in [9.17, 15) is 52.8 Å². The van der Waals surface area contributed by atoms with E-state index in [1.54, 1.807) is 5.32 Å². The number of benzene rings is 2. The van der Waals surface area contributed by atoms with Gasteiger partial charge in [-0.3, -0.25) is 19.2 Å². The number of rotatable bonds is 3. The van der Waals surface area contributed by atoms with Gasteiger partial charge in [-0.1, -0.05) is 12.1 Å². The topological polar surface area (TPSA) is 180 Å². The largest absolute Gasteiger partial charge is 0.507 e. The van der Waals surface area contributed by atoms with E-state index in [0.717, 1.165) is 13.0 Å². The summed E-state index contributed by atoms with van der Waals surface area (Å²) in [6, 6.07) is 3.40. The summed E-state index contributed by atoms with van der Waals surface area (Å²) in [5, 5.41) is 44.4. The van der Waals surface area contributed by atoms with E-state index in [-0.39, 0.29) is 27.8 Å². The Morgan fingerprint density at radius 1 is 1.10 bits per heavy atom. The molecule has 1 heterocycles. The van der Waals surface area contributed by atoms with E-state index < -0.39 is 95.6 Å². The Bertz CT molecular complexity index is 1500. The lowest BCUT2D eigenvalue weighted by Gasteiger charge is -2.42. The zero-order valence-corrected chi connectivity index (χ0v) is 21.5. The predicted molar refractivity (Wildman–Crippen MR) is 129 cm³/mol. The highest BCUT2D eigenvalue weighted by molar-refractivity contribution is 6.31. The summed E-state index contributed by atoms with van der Waals surface area (Å²) in [6.45, 7) is 2.48. The number of aliphatic hydroxyl groups excluding tert-OH is 1. The Morgan fingerprint density at radius 3 is 2.44 bits per heavy atom. The highest BCUT2D eigenvalue weighted by Crippen LogP contribution is 2.48. The van der Waals surface area contributed by atoms with Crippen LogP contribution in [0.4, 0.5) is 13.2 Å². The van der Waals surface area contributed by atoms with E-state index in [1.165, 1.54) is 25.1 Å². The number of ketones is 3. The van der Waals surface area contributed by atoms with Crippen LogP contribution in [-0.2, 0) is 14.3 Å². The maximum atomic E-state index is 13.4. The second-order valence-corrected chi connectivity index (χ2v) is 10.5. The van der Waals surface area contributed by atoms with Gasteiger partial charge < -0.3 is 35.2 Å². The molecule has 1 aliphatic heterocycles. The summed E-state index contributed by atoms with van der Waals surface area (Å²) >= 11 is 0. The van der Waals surface area contributed by atoms with E-state index in [2.05, 4.69) is 0 Å². The third kappa shape index (κ3) is 4.66. The molecule has 6 atom stereocenters. The zero-order chi connectivity index (χ0) is 30.2. The third-order valence-corrected chi connectivity index (χ3v) is 7.56. The minimum absolute atomic E-state index is 0.153. The van der Waals surface area contributed by atoms with Gasteiger partial charge in [-0.15, -0.1) is 0 Å². The fraction of sp³-hybridized carbons (Fsp3) is 0.407. The van der Waals surface area contributed by atoms with Gasteiger partial charge in [-0.25, -0.2) is 0 Å². The van der Waals surface area contributed by atoms with Crippen molar-refractivity contribution >= 4 is 23.3 Å². The van der Waals surface area contributed by atoms with Crippen LogP contribution >= 0.6 is 0 Å². The van der Waals surface area contributed by atoms with Gasteiger partial charge in [0.2, 0.25) is 5.78 Å². The molecule has 14 heteroatoms. The minimum atomic E-state index is -5.22. The average Bonchev–Trinajstić information content (AvgIpc) is 2.87. The second kappa shape index (κ2) is 9.62. The molecule has 0 saturated carbocycles. The molecule has 41 heavy (non-hydrogen) atoms. The van der Waals surface area contributed by atoms with Crippen molar-refractivity contribution in [3.63, 3.8) is 0 Å². The van der Waals surface area contributed by atoms with Crippen LogP contribution in [0.25, 0.3) is 0 Å². The SMILES string of the molecule is C[C@@H]1O[C@@H](O[C@@H]2C[C@@](C)(O)C(=O)c3cc4c(c(O)c32)C(=O)c2c(O)cccc2C4=O)C[C@H](NC(=O)C(F)(F)F)[C@@H]1O. The highest BCUT2D eigenvalue weighted by Gasteiger charge is 2.49. The van der Waals surface area contributed by atoms with Crippen LogP contribution < -0.4 is 5.32 Å². The molecule has 5 rings (SSSR count). The van der Waals surface area contributed by atoms with Crippen LogP contribution in [0.15, 0.2) is 24.3 Å². The first-order valence-corrected chi connectivity index (χ1v) is 12.5. The van der Waals surface area contributed by atoms with Crippen molar-refractivity contribution in [2.45, 2.75) is 69.1 Å². The number of phenols is 2. The van der Waals surface area contributed by atoms with Crippen LogP contribution in [-0.4, -0.2) is 80.0 Å². The van der Waals surface area contributed by atoms with Crippen molar-refractivity contribution in [3.8, 4) is 11.5 Å². The van der Waals surface area contributed by atoms with Crippen LogP contribution in [0.3, 0.4) is 0 Å². The number of aliphatic hydroxyl groups is 2. The molecule has 0 bridgehead atoms. The number of halogens is 3. The Morgan fingerprint density at radius 2 is 1.78 bits per heavy atom. The lowest BCUT2D eigenvalue weighted by molar-refractivity contribution is -0.248. The maximum absolute atomic E-state index is 13.4. The summed E-state index contributed by atoms with van der Waals surface area (Å²) in [6.07, 6.45) is -11.7. The number of ether oxygens (including phenoxy) is 2. The van der Waals surface area contributed by atoms with Gasteiger partial charge in [0.1, 0.15) is 23.2 Å². The molecule has 0 radical (unpaired) electrons. The normalized spacial score (nSPS) is 29.4. The van der Waals surface area contributed by atoms with Gasteiger partial charge in [0, 0.05) is 35.1 Å². The summed E-state index contributed by atoms with van der Waals surface area (Å²) < 4.78 is 50.0. The molecular formula is C27H24F3NO10. The van der Waals surface area contributed by atoms with Gasteiger partial charge in [0.15, 0.2) is 17.9 Å². The summed E-state index contributed by atoms with van der Waals surface area (Å²) in [4.78, 5) is 51.3. The van der Waals surface area contributed by atoms with E-state index in [4.69, 9.17) is 9.47 Å². The monoisotopic (exact) mass is 579 g/mol. The number of hydrogen-bond donors (Lipinski definition) is 5. The van der Waals surface area contributed by atoms with Crippen LogP contribution in [0.5, 0.6) is 11.5 Å². The number of hydrogen-bond acceptors (Lipinski definition) is 10. The zero-order valence-electron chi connectivity index (χ0n) is 21.5. The van der Waals surface area contributed by atoms with Gasteiger partial charge in [-0.2, -0.15) is 13.2 Å². The number of amides is 1. The van der Waals surface area contributed by atoms with Crippen LogP contribution in [0.1, 0.15) is 80.6 Å². The molecular weight excluding hydrogens is 555 g/mol. The molecule has 0 unspecified atom stereocenters. The fourth-order valence-corrected chi connectivity index (χ4v) is 5.52. The van der Waals surface area contributed by atoms with Gasteiger partial charge in [-0.05, 0) is 26.0 Å². The number of carbonyl (C=O) groups excluding carboxylic acids is 4. The number of fused-ring (bicyclic) bond motifs is 3. The number of nitrogens with one attached hydrogen (secondary N) is 1. The molecule has 3 aliphatic rings. The smallest absolute Gasteiger partial charge is 0.471 e. The fourth-order valence-electron chi connectivity index (χ4n) is 5.52. The number of alkyl halides is 3. The number of carbonyl (C=O) groups is 4. The van der Waals surface area contributed by atoms with Crippen molar-refractivity contribution in [1.29, 1.82) is 0 Å². The average molecular weight is 579 g/mol.